The molecule has 146 valence electrons. The van der Waals surface area contributed by atoms with E-state index in [4.69, 9.17) is 0 Å². The number of nitrogens with one attached hydrogen (secondary N) is 1. The Kier molecular flexibility index (Phi) is 7.15. The number of piperidine rings is 1. The fraction of sp³-hybridized carbons (Fsp3) is 0.550. The molecule has 1 saturated heterocycles. The first kappa shape index (κ1) is 19.7. The number of nitrogens with zero attached hydrogens (tertiary/aromatic N) is 4. The summed E-state index contributed by atoms with van der Waals surface area (Å²) in [5, 5.41) is 12.7. The van der Waals surface area contributed by atoms with E-state index in [2.05, 4.69) is 44.0 Å². The van der Waals surface area contributed by atoms with Crippen LogP contribution in [0.25, 0.3) is 5.69 Å². The topological polar surface area (TPSA) is 63.1 Å². The second-order valence-electron chi connectivity index (χ2n) is 7.05. The van der Waals surface area contributed by atoms with Crippen molar-refractivity contribution in [1.82, 2.24) is 20.1 Å². The summed E-state index contributed by atoms with van der Waals surface area (Å²) in [7, 11) is 0. The van der Waals surface area contributed by atoms with Gasteiger partial charge < -0.3 is 10.2 Å². The predicted molar refractivity (Wildman–Crippen MR) is 111 cm³/mol. The first-order valence-corrected chi connectivity index (χ1v) is 10.9. The first-order chi connectivity index (χ1) is 13.2. The van der Waals surface area contributed by atoms with Gasteiger partial charge in [0.25, 0.3) is 0 Å². The lowest BCUT2D eigenvalue weighted by molar-refractivity contribution is -0.119. The van der Waals surface area contributed by atoms with Crippen LogP contribution < -0.4 is 10.2 Å². The van der Waals surface area contributed by atoms with Crippen LogP contribution in [-0.2, 0) is 4.79 Å². The Morgan fingerprint density at radius 3 is 2.63 bits per heavy atom. The standard InChI is InChI=1S/C20H29N5OS/c1-3-10-16(2)21-18(26)15-27-20-23-22-19(24-13-8-5-9-14-24)25(20)17-11-6-4-7-12-17/h4,6-7,11-12,16H,3,5,8-10,13-15H2,1-2H3,(H,21,26)/t16-/m1/s1. The molecular formula is C20H29N5OS. The van der Waals surface area contributed by atoms with E-state index < -0.39 is 0 Å². The van der Waals surface area contributed by atoms with Crippen molar-refractivity contribution < 1.29 is 4.79 Å². The van der Waals surface area contributed by atoms with Gasteiger partial charge in [0.2, 0.25) is 11.9 Å². The van der Waals surface area contributed by atoms with Crippen molar-refractivity contribution in [3.63, 3.8) is 0 Å². The van der Waals surface area contributed by atoms with Crippen LogP contribution >= 0.6 is 11.8 Å². The number of para-hydroxylation sites is 1. The molecule has 1 aromatic heterocycles. The quantitative estimate of drug-likeness (QED) is 0.701. The van der Waals surface area contributed by atoms with E-state index in [1.165, 1.54) is 31.0 Å². The van der Waals surface area contributed by atoms with Crippen LogP contribution in [0.1, 0.15) is 46.0 Å². The summed E-state index contributed by atoms with van der Waals surface area (Å²) in [6, 6.07) is 10.4. The summed E-state index contributed by atoms with van der Waals surface area (Å²) in [4.78, 5) is 14.6. The fourth-order valence-electron chi connectivity index (χ4n) is 3.41. The molecule has 7 heteroatoms. The number of benzene rings is 1. The van der Waals surface area contributed by atoms with Crippen molar-refractivity contribution in [2.24, 2.45) is 0 Å². The average molecular weight is 388 g/mol. The second-order valence-corrected chi connectivity index (χ2v) is 7.99. The zero-order valence-corrected chi connectivity index (χ0v) is 17.0. The van der Waals surface area contributed by atoms with Crippen LogP contribution in [0.5, 0.6) is 0 Å². The van der Waals surface area contributed by atoms with Gasteiger partial charge >= 0.3 is 0 Å². The van der Waals surface area contributed by atoms with Gasteiger partial charge in [-0.05, 0) is 44.7 Å². The summed E-state index contributed by atoms with van der Waals surface area (Å²) in [6.45, 7) is 6.18. The summed E-state index contributed by atoms with van der Waals surface area (Å²) in [5.41, 5.74) is 1.03. The molecule has 1 aliphatic rings. The summed E-state index contributed by atoms with van der Waals surface area (Å²) in [5.74, 6) is 1.27. The summed E-state index contributed by atoms with van der Waals surface area (Å²) in [6.07, 6.45) is 5.70. The largest absolute Gasteiger partial charge is 0.353 e. The van der Waals surface area contributed by atoms with Gasteiger partial charge in [-0.25, -0.2) is 0 Å². The fourth-order valence-corrected chi connectivity index (χ4v) is 4.17. The third-order valence-corrected chi connectivity index (χ3v) is 5.66. The minimum absolute atomic E-state index is 0.0445. The maximum Gasteiger partial charge on any atom is 0.232 e. The summed E-state index contributed by atoms with van der Waals surface area (Å²) >= 11 is 1.45. The Morgan fingerprint density at radius 1 is 1.19 bits per heavy atom. The Balaban J connectivity index is 1.76. The molecule has 0 aliphatic carbocycles. The van der Waals surface area contributed by atoms with Crippen molar-refractivity contribution in [2.45, 2.75) is 57.1 Å². The van der Waals surface area contributed by atoms with Gasteiger partial charge in [0.05, 0.1) is 11.4 Å². The highest BCUT2D eigenvalue weighted by Gasteiger charge is 2.22. The zero-order valence-electron chi connectivity index (χ0n) is 16.2. The second kappa shape index (κ2) is 9.78. The average Bonchev–Trinajstić information content (AvgIpc) is 3.12. The molecule has 6 nitrogen and oxygen atoms in total. The van der Waals surface area contributed by atoms with Gasteiger partial charge in [0.15, 0.2) is 5.16 Å². The monoisotopic (exact) mass is 387 g/mol. The lowest BCUT2D eigenvalue weighted by Gasteiger charge is -2.27. The van der Waals surface area contributed by atoms with E-state index in [1.54, 1.807) is 0 Å². The lowest BCUT2D eigenvalue weighted by Crippen LogP contribution is -2.33. The van der Waals surface area contributed by atoms with Gasteiger partial charge in [-0.3, -0.25) is 9.36 Å². The van der Waals surface area contributed by atoms with Crippen LogP contribution in [0, 0.1) is 0 Å². The van der Waals surface area contributed by atoms with Gasteiger partial charge in [-0.2, -0.15) is 0 Å². The van der Waals surface area contributed by atoms with Gasteiger partial charge in [0, 0.05) is 19.1 Å². The number of carbonyl (C=O) groups excluding carboxylic acids is 1. The van der Waals surface area contributed by atoms with Gasteiger partial charge in [0.1, 0.15) is 0 Å². The van der Waals surface area contributed by atoms with Gasteiger partial charge in [-0.15, -0.1) is 10.2 Å². The van der Waals surface area contributed by atoms with Crippen molar-refractivity contribution in [2.75, 3.05) is 23.7 Å². The highest BCUT2D eigenvalue weighted by molar-refractivity contribution is 7.99. The first-order valence-electron chi connectivity index (χ1n) is 9.87. The van der Waals surface area contributed by atoms with Crippen LogP contribution in [0.2, 0.25) is 0 Å². The number of aromatic nitrogens is 3. The van der Waals surface area contributed by atoms with Gasteiger partial charge in [-0.1, -0.05) is 43.3 Å². The summed E-state index contributed by atoms with van der Waals surface area (Å²) < 4.78 is 2.08. The molecule has 1 atom stereocenters. The molecule has 27 heavy (non-hydrogen) atoms. The van der Waals surface area contributed by atoms with Crippen LogP contribution in [0.15, 0.2) is 35.5 Å². The SMILES string of the molecule is CCC[C@@H](C)NC(=O)CSc1nnc(N2CCCCC2)n1-c1ccccc1. The van der Waals surface area contributed by atoms with Crippen molar-refractivity contribution >= 4 is 23.6 Å². The number of anilines is 1. The molecule has 1 fully saturated rings. The molecule has 1 N–H and O–H groups in total. The molecule has 0 radical (unpaired) electrons. The molecule has 0 unspecified atom stereocenters. The number of hydrogen-bond acceptors (Lipinski definition) is 5. The molecule has 2 heterocycles. The minimum Gasteiger partial charge on any atom is -0.353 e. The molecule has 1 aliphatic heterocycles. The predicted octanol–water partition coefficient (Wildman–Crippen LogP) is 3.65. The highest BCUT2D eigenvalue weighted by atomic mass is 32.2. The molecule has 0 spiro atoms. The molecular weight excluding hydrogens is 358 g/mol. The van der Waals surface area contributed by atoms with Crippen molar-refractivity contribution in [3.05, 3.63) is 30.3 Å². The Morgan fingerprint density at radius 2 is 1.93 bits per heavy atom. The van der Waals surface area contributed by atoms with E-state index in [9.17, 15) is 4.79 Å². The normalized spacial score (nSPS) is 15.6. The van der Waals surface area contributed by atoms with Crippen molar-refractivity contribution in [1.29, 1.82) is 0 Å². The lowest BCUT2D eigenvalue weighted by atomic mass is 10.1. The Bertz CT molecular complexity index is 727. The third-order valence-electron chi connectivity index (χ3n) is 4.73. The molecule has 0 bridgehead atoms. The zero-order chi connectivity index (χ0) is 19.1. The molecule has 2 aromatic rings. The van der Waals surface area contributed by atoms with E-state index in [0.29, 0.717) is 5.75 Å². The number of carbonyl (C=O) groups is 1. The third kappa shape index (κ3) is 5.25. The van der Waals surface area contributed by atoms with Crippen LogP contribution in [0.4, 0.5) is 5.95 Å². The number of thioether (sulfide) groups is 1. The van der Waals surface area contributed by atoms with E-state index in [-0.39, 0.29) is 11.9 Å². The molecule has 1 amide bonds. The maximum atomic E-state index is 12.3. The van der Waals surface area contributed by atoms with E-state index in [0.717, 1.165) is 42.7 Å². The molecule has 1 aromatic carbocycles. The van der Waals surface area contributed by atoms with E-state index >= 15 is 0 Å². The molecule has 3 rings (SSSR count). The number of rotatable bonds is 8. The van der Waals surface area contributed by atoms with Crippen molar-refractivity contribution in [3.8, 4) is 5.69 Å². The smallest absolute Gasteiger partial charge is 0.232 e. The maximum absolute atomic E-state index is 12.3. The van der Waals surface area contributed by atoms with E-state index in [1.807, 2.05) is 25.1 Å². The number of amides is 1. The highest BCUT2D eigenvalue weighted by Crippen LogP contribution is 2.28. The minimum atomic E-state index is 0.0445. The number of hydrogen-bond donors (Lipinski definition) is 1. The van der Waals surface area contributed by atoms with Crippen LogP contribution in [0.3, 0.4) is 0 Å². The molecule has 0 saturated carbocycles. The Labute approximate surface area is 165 Å². The Hall–Kier alpha value is -2.02. The van der Waals surface area contributed by atoms with Crippen LogP contribution in [-0.4, -0.2) is 45.6 Å².